The average molecular weight is 1130 g/mol. The number of ether oxygens (including phenoxy) is 10. The van der Waals surface area contributed by atoms with Crippen molar-refractivity contribution in [2.45, 2.75) is 32.8 Å². The molecule has 0 aliphatic carbocycles. The molecule has 5 rings (SSSR count). The summed E-state index contributed by atoms with van der Waals surface area (Å²) in [7, 11) is 1.53. The van der Waals surface area contributed by atoms with Gasteiger partial charge in [-0.2, -0.15) is 8.78 Å². The third-order valence-electron chi connectivity index (χ3n) is 9.22. The minimum Gasteiger partial charge on any atom is -0.490 e. The molecular weight excluding hydrogens is 1060 g/mol. The predicted octanol–water partition coefficient (Wildman–Crippen LogP) is 11.0. The SMILES string of the molecule is C=CCOc1ccc(C(=O)NCCOCOCOCOC)cc1.C=CCOc1ccc(C(=O)O)cc1.C=CCOc1ccc(C(=O)Oc2c(F)c(F)c(F)c(F)c2F)cc1.C=CCOc1ccc(CCNC(=O)OC(C)(C)C)cc1. The smallest absolute Gasteiger partial charge is 0.407 e. The number of aromatic carboxylic acids is 1. The highest BCUT2D eigenvalue weighted by Crippen LogP contribution is 2.30. The zero-order valence-corrected chi connectivity index (χ0v) is 44.7. The molecule has 0 unspecified atom stereocenters. The summed E-state index contributed by atoms with van der Waals surface area (Å²) in [6, 6.07) is 26.0. The van der Waals surface area contributed by atoms with Gasteiger partial charge in [0.2, 0.25) is 34.8 Å². The summed E-state index contributed by atoms with van der Waals surface area (Å²) in [6.45, 7) is 22.9. The van der Waals surface area contributed by atoms with Gasteiger partial charge in [-0.15, -0.1) is 0 Å². The van der Waals surface area contributed by atoms with Gasteiger partial charge < -0.3 is 63.1 Å². The summed E-state index contributed by atoms with van der Waals surface area (Å²) >= 11 is 0. The van der Waals surface area contributed by atoms with Crippen molar-refractivity contribution < 1.29 is 93.6 Å². The van der Waals surface area contributed by atoms with Crippen LogP contribution in [-0.4, -0.2) is 108 Å². The predicted molar refractivity (Wildman–Crippen MR) is 287 cm³/mol. The molecule has 5 aromatic rings. The first-order valence-electron chi connectivity index (χ1n) is 24.1. The maximum Gasteiger partial charge on any atom is 0.407 e. The first-order valence-corrected chi connectivity index (χ1v) is 24.1. The van der Waals surface area contributed by atoms with Crippen LogP contribution in [0, 0.1) is 29.1 Å². The van der Waals surface area contributed by atoms with Gasteiger partial charge in [-0.1, -0.05) is 62.8 Å². The third-order valence-corrected chi connectivity index (χ3v) is 9.22. The van der Waals surface area contributed by atoms with Gasteiger partial charge in [0.25, 0.3) is 5.91 Å². The quantitative estimate of drug-likeness (QED) is 0.00623. The van der Waals surface area contributed by atoms with Crippen LogP contribution in [0.3, 0.4) is 0 Å². The van der Waals surface area contributed by atoms with Crippen LogP contribution in [0.25, 0.3) is 0 Å². The lowest BCUT2D eigenvalue weighted by molar-refractivity contribution is -0.163. The second kappa shape index (κ2) is 38.1. The first kappa shape index (κ1) is 67.5. The molecule has 2 amide bonds. The number of benzene rings is 5. The van der Waals surface area contributed by atoms with Gasteiger partial charge in [0, 0.05) is 25.8 Å². The molecule has 0 saturated heterocycles. The number of alkyl carbamates (subject to hydrolysis) is 1. The molecule has 0 aliphatic rings. The molecule has 22 heteroatoms. The lowest BCUT2D eigenvalue weighted by Crippen LogP contribution is -2.33. The number of carbonyl (C=O) groups is 4. The number of hydrogen-bond donors (Lipinski definition) is 3. The Hall–Kier alpha value is -8.57. The Morgan fingerprint density at radius 1 is 0.525 bits per heavy atom. The minimum atomic E-state index is -2.34. The summed E-state index contributed by atoms with van der Waals surface area (Å²) in [4.78, 5) is 45.6. The fourth-order valence-corrected chi connectivity index (χ4v) is 5.57. The van der Waals surface area contributed by atoms with Crippen molar-refractivity contribution in [2.24, 2.45) is 0 Å². The minimum absolute atomic E-state index is 0.0922. The molecular formula is C58H65F5N2O15. The Morgan fingerprint density at radius 2 is 0.925 bits per heavy atom. The van der Waals surface area contributed by atoms with Crippen LogP contribution in [0.5, 0.6) is 28.7 Å². The van der Waals surface area contributed by atoms with E-state index in [4.69, 9.17) is 43.0 Å². The van der Waals surface area contributed by atoms with Crippen LogP contribution < -0.4 is 34.3 Å². The van der Waals surface area contributed by atoms with E-state index < -0.39 is 52.4 Å². The largest absolute Gasteiger partial charge is 0.490 e. The summed E-state index contributed by atoms with van der Waals surface area (Å²) in [5.74, 6) is -12.8. The highest BCUT2D eigenvalue weighted by Gasteiger charge is 2.29. The van der Waals surface area contributed by atoms with Crippen LogP contribution in [0.1, 0.15) is 57.4 Å². The molecule has 3 N–H and O–H groups in total. The van der Waals surface area contributed by atoms with E-state index in [2.05, 4.69) is 46.4 Å². The highest BCUT2D eigenvalue weighted by atomic mass is 19.2. The van der Waals surface area contributed by atoms with E-state index in [1.165, 1.54) is 49.6 Å². The number of carboxylic acids is 1. The van der Waals surface area contributed by atoms with Crippen molar-refractivity contribution >= 4 is 23.9 Å². The van der Waals surface area contributed by atoms with Crippen molar-refractivity contribution in [3.05, 3.63) is 199 Å². The van der Waals surface area contributed by atoms with Gasteiger partial charge in [0.1, 0.15) is 68.6 Å². The topological polar surface area (TPSA) is 205 Å². The second-order valence-electron chi connectivity index (χ2n) is 16.6. The van der Waals surface area contributed by atoms with Gasteiger partial charge >= 0.3 is 18.0 Å². The number of halogens is 5. The van der Waals surface area contributed by atoms with Crippen LogP contribution in [-0.2, 0) is 30.1 Å². The van der Waals surface area contributed by atoms with Gasteiger partial charge in [0.05, 0.1) is 17.7 Å². The van der Waals surface area contributed by atoms with E-state index >= 15 is 0 Å². The van der Waals surface area contributed by atoms with Gasteiger partial charge in [-0.3, -0.25) is 4.79 Å². The number of rotatable bonds is 28. The summed E-state index contributed by atoms with van der Waals surface area (Å²) in [5.41, 5.74) is 1.30. The number of nitrogens with one attached hydrogen (secondary N) is 2. The van der Waals surface area contributed by atoms with Crippen LogP contribution >= 0.6 is 0 Å². The Morgan fingerprint density at radius 3 is 1.35 bits per heavy atom. The monoisotopic (exact) mass is 1120 g/mol. The zero-order valence-electron chi connectivity index (χ0n) is 44.7. The van der Waals surface area contributed by atoms with Crippen molar-refractivity contribution in [3.8, 4) is 28.7 Å². The van der Waals surface area contributed by atoms with E-state index in [1.807, 2.05) is 45.0 Å². The van der Waals surface area contributed by atoms with Gasteiger partial charge in [-0.05, 0) is 118 Å². The van der Waals surface area contributed by atoms with E-state index in [1.54, 1.807) is 54.6 Å². The van der Waals surface area contributed by atoms with Crippen molar-refractivity contribution in [1.29, 1.82) is 0 Å². The normalized spacial score (nSPS) is 10.3. The van der Waals surface area contributed by atoms with E-state index in [0.717, 1.165) is 17.7 Å². The Kier molecular flexibility index (Phi) is 32.1. The summed E-state index contributed by atoms with van der Waals surface area (Å²) < 4.78 is 116. The molecule has 0 aliphatic heterocycles. The number of hydrogen-bond acceptors (Lipinski definition) is 14. The highest BCUT2D eigenvalue weighted by molar-refractivity contribution is 5.94. The maximum absolute atomic E-state index is 13.5. The lowest BCUT2D eigenvalue weighted by Gasteiger charge is -2.19. The first-order chi connectivity index (χ1) is 38.3. The van der Waals surface area contributed by atoms with E-state index in [9.17, 15) is 41.1 Å². The average Bonchev–Trinajstić information content (AvgIpc) is 3.54. The summed E-state index contributed by atoms with van der Waals surface area (Å²) in [5, 5.41) is 14.1. The molecule has 0 spiro atoms. The van der Waals surface area contributed by atoms with Gasteiger partial charge in [0.15, 0.2) is 6.79 Å². The summed E-state index contributed by atoms with van der Waals surface area (Å²) in [6.07, 6.45) is 6.85. The van der Waals surface area contributed by atoms with Crippen LogP contribution in [0.4, 0.5) is 26.7 Å². The van der Waals surface area contributed by atoms with Crippen LogP contribution in [0.15, 0.2) is 148 Å². The van der Waals surface area contributed by atoms with E-state index in [0.29, 0.717) is 62.3 Å². The third kappa shape index (κ3) is 27.1. The molecule has 5 aromatic carbocycles. The molecule has 0 bridgehead atoms. The second-order valence-corrected chi connectivity index (χ2v) is 16.6. The Bertz CT molecular complexity index is 2670. The number of esters is 1. The standard InChI is InChI=1S/C16H9F5O3.C16H23NO6.C16H23NO3.C10H10O3/c1-2-7-23-9-5-3-8(4-6-9)16(22)24-15-13(20)11(18)10(17)12(19)14(15)21;1-3-9-23-15-6-4-14(5-7-15)16(18)17-8-10-20-12-22-13-21-11-19-2;1-5-12-19-14-8-6-13(7-9-14)10-11-17-15(18)20-16(2,3)4;1-2-7-13-9-5-3-8(4-6-9)10(11)12/h2-6H,1,7H2;3-7H,1,8-13H2,2H3,(H,17,18);5-9H,1,10-12H2,2-4H3,(H,17,18);2-6H,1,7H2,(H,11,12). The molecule has 0 atom stereocenters. The van der Waals surface area contributed by atoms with Crippen LogP contribution in [0.2, 0.25) is 0 Å². The van der Waals surface area contributed by atoms with Crippen molar-refractivity contribution in [2.75, 3.05) is 73.6 Å². The molecule has 0 aromatic heterocycles. The molecule has 17 nitrogen and oxygen atoms in total. The number of carbonyl (C=O) groups excluding carboxylic acids is 3. The maximum atomic E-state index is 13.5. The fourth-order valence-electron chi connectivity index (χ4n) is 5.57. The Balaban J connectivity index is 0.000000372. The Labute approximate surface area is 461 Å². The number of methoxy groups -OCH3 is 1. The number of carboxylic acid groups (broad SMARTS) is 1. The van der Waals surface area contributed by atoms with Crippen molar-refractivity contribution in [1.82, 2.24) is 10.6 Å². The molecule has 0 heterocycles. The molecule has 432 valence electrons. The number of amides is 2. The van der Waals surface area contributed by atoms with E-state index in [-0.39, 0.29) is 50.1 Å². The lowest BCUT2D eigenvalue weighted by atomic mass is 10.1. The molecule has 80 heavy (non-hydrogen) atoms. The zero-order chi connectivity index (χ0) is 59.3. The molecule has 0 saturated carbocycles. The van der Waals surface area contributed by atoms with Crippen molar-refractivity contribution in [3.63, 3.8) is 0 Å². The molecule has 0 fully saturated rings. The van der Waals surface area contributed by atoms with Gasteiger partial charge in [-0.25, -0.2) is 27.6 Å². The molecule has 0 radical (unpaired) electrons. The fraction of sp³-hybridized carbons (Fsp3) is 0.276.